The van der Waals surface area contributed by atoms with Crippen LogP contribution >= 0.6 is 0 Å². The molecular weight excluding hydrogens is 260 g/mol. The Morgan fingerprint density at radius 3 is 2.50 bits per heavy atom. The number of rotatable bonds is 5. The minimum Gasteiger partial charge on any atom is -0.480 e. The average Bonchev–Trinajstić information content (AvgIpc) is 2.82. The van der Waals surface area contributed by atoms with E-state index >= 15 is 0 Å². The number of aliphatic carboxylic acids is 1. The molecule has 1 saturated heterocycles. The number of hydrogen-bond donors (Lipinski definition) is 1. The van der Waals surface area contributed by atoms with Crippen molar-refractivity contribution in [1.29, 1.82) is 0 Å². The lowest BCUT2D eigenvalue weighted by Crippen LogP contribution is -2.43. The molecule has 0 radical (unpaired) electrons. The Balaban J connectivity index is 2.12. The van der Waals surface area contributed by atoms with E-state index in [1.165, 1.54) is 9.80 Å². The fourth-order valence-corrected chi connectivity index (χ4v) is 2.19. The fraction of sp³-hybridized carbons (Fsp3) is 0.357. The highest BCUT2D eigenvalue weighted by Crippen LogP contribution is 2.15. The molecule has 0 atom stereocenters. The van der Waals surface area contributed by atoms with Crippen LogP contribution in [-0.2, 0) is 14.4 Å². The van der Waals surface area contributed by atoms with Crippen LogP contribution in [0.5, 0.6) is 0 Å². The van der Waals surface area contributed by atoms with Gasteiger partial charge >= 0.3 is 5.97 Å². The zero-order valence-corrected chi connectivity index (χ0v) is 11.0. The van der Waals surface area contributed by atoms with E-state index in [9.17, 15) is 14.4 Å². The van der Waals surface area contributed by atoms with Crippen LogP contribution in [0.15, 0.2) is 30.3 Å². The minimum atomic E-state index is -1.09. The Bertz CT molecular complexity index is 515. The summed E-state index contributed by atoms with van der Waals surface area (Å²) in [6.07, 6.45) is 1.20. The summed E-state index contributed by atoms with van der Waals surface area (Å²) in [7, 11) is 0. The van der Waals surface area contributed by atoms with E-state index in [1.807, 2.05) is 0 Å². The molecule has 0 spiro atoms. The number of nitrogens with zero attached hydrogens (tertiary/aromatic N) is 2. The SMILES string of the molecule is O=C(O)CN(C(=O)CN1CCCC1=O)c1ccccc1. The largest absolute Gasteiger partial charge is 0.480 e. The lowest BCUT2D eigenvalue weighted by molar-refractivity contribution is -0.137. The first kappa shape index (κ1) is 14.0. The maximum absolute atomic E-state index is 12.2. The van der Waals surface area contributed by atoms with Crippen LogP contribution in [0.3, 0.4) is 0 Å². The molecule has 106 valence electrons. The molecule has 1 heterocycles. The molecule has 0 aromatic heterocycles. The van der Waals surface area contributed by atoms with Crippen molar-refractivity contribution in [2.24, 2.45) is 0 Å². The van der Waals surface area contributed by atoms with Gasteiger partial charge in [-0.25, -0.2) is 0 Å². The number of para-hydroxylation sites is 1. The van der Waals surface area contributed by atoms with Crippen molar-refractivity contribution < 1.29 is 19.5 Å². The quantitative estimate of drug-likeness (QED) is 0.860. The molecule has 1 fully saturated rings. The van der Waals surface area contributed by atoms with Crippen LogP contribution in [0.4, 0.5) is 5.69 Å². The maximum atomic E-state index is 12.2. The molecule has 2 amide bonds. The van der Waals surface area contributed by atoms with E-state index in [4.69, 9.17) is 5.11 Å². The maximum Gasteiger partial charge on any atom is 0.323 e. The molecular formula is C14H16N2O4. The van der Waals surface area contributed by atoms with Crippen molar-refractivity contribution in [3.05, 3.63) is 30.3 Å². The van der Waals surface area contributed by atoms with Crippen molar-refractivity contribution >= 4 is 23.5 Å². The number of carbonyl (C=O) groups is 3. The number of anilines is 1. The van der Waals surface area contributed by atoms with Gasteiger partial charge in [0.05, 0.1) is 0 Å². The van der Waals surface area contributed by atoms with Crippen molar-refractivity contribution in [3.63, 3.8) is 0 Å². The third kappa shape index (κ3) is 3.34. The second-order valence-corrected chi connectivity index (χ2v) is 4.63. The highest BCUT2D eigenvalue weighted by Gasteiger charge is 2.26. The van der Waals surface area contributed by atoms with Gasteiger partial charge in [-0.3, -0.25) is 19.3 Å². The number of carbonyl (C=O) groups excluding carboxylic acids is 2. The molecule has 0 bridgehead atoms. The summed E-state index contributed by atoms with van der Waals surface area (Å²) in [5, 5.41) is 8.93. The molecule has 1 aliphatic rings. The monoisotopic (exact) mass is 276 g/mol. The summed E-state index contributed by atoms with van der Waals surface area (Å²) in [6.45, 7) is 0.0756. The predicted molar refractivity (Wildman–Crippen MR) is 72.2 cm³/mol. The van der Waals surface area contributed by atoms with Crippen molar-refractivity contribution in [3.8, 4) is 0 Å². The summed E-state index contributed by atoms with van der Waals surface area (Å²) in [4.78, 5) is 37.4. The average molecular weight is 276 g/mol. The highest BCUT2D eigenvalue weighted by molar-refractivity contribution is 6.00. The normalized spacial score (nSPS) is 14.4. The molecule has 0 unspecified atom stereocenters. The van der Waals surface area contributed by atoms with Gasteiger partial charge in [0, 0.05) is 18.7 Å². The molecule has 1 aromatic carbocycles. The topological polar surface area (TPSA) is 77.9 Å². The van der Waals surface area contributed by atoms with Gasteiger partial charge in [0.25, 0.3) is 0 Å². The third-order valence-corrected chi connectivity index (χ3v) is 3.16. The van der Waals surface area contributed by atoms with Gasteiger partial charge in [-0.1, -0.05) is 18.2 Å². The Morgan fingerprint density at radius 1 is 1.25 bits per heavy atom. The van der Waals surface area contributed by atoms with E-state index < -0.39 is 12.5 Å². The van der Waals surface area contributed by atoms with Gasteiger partial charge in [0.2, 0.25) is 11.8 Å². The first-order valence-electron chi connectivity index (χ1n) is 6.43. The smallest absolute Gasteiger partial charge is 0.323 e. The number of carboxylic acid groups (broad SMARTS) is 1. The van der Waals surface area contributed by atoms with Crippen LogP contribution in [0.2, 0.25) is 0 Å². The van der Waals surface area contributed by atoms with E-state index in [-0.39, 0.29) is 18.4 Å². The fourth-order valence-electron chi connectivity index (χ4n) is 2.19. The van der Waals surface area contributed by atoms with Crippen molar-refractivity contribution in [2.75, 3.05) is 24.5 Å². The molecule has 6 heteroatoms. The minimum absolute atomic E-state index is 0.0540. The number of carboxylic acids is 1. The van der Waals surface area contributed by atoms with Gasteiger partial charge in [-0.05, 0) is 18.6 Å². The Morgan fingerprint density at radius 2 is 1.95 bits per heavy atom. The molecule has 1 N–H and O–H groups in total. The summed E-state index contributed by atoms with van der Waals surface area (Å²) in [5.41, 5.74) is 0.520. The van der Waals surface area contributed by atoms with Crippen LogP contribution in [0, 0.1) is 0 Å². The Hall–Kier alpha value is -2.37. The molecule has 1 aliphatic heterocycles. The summed E-state index contributed by atoms with van der Waals surface area (Å²) < 4.78 is 0. The molecule has 2 rings (SSSR count). The lowest BCUT2D eigenvalue weighted by atomic mass is 10.2. The van der Waals surface area contributed by atoms with Crippen LogP contribution in [0.25, 0.3) is 0 Å². The van der Waals surface area contributed by atoms with Gasteiger partial charge in [-0.15, -0.1) is 0 Å². The lowest BCUT2D eigenvalue weighted by Gasteiger charge is -2.24. The number of hydrogen-bond acceptors (Lipinski definition) is 3. The van der Waals surface area contributed by atoms with Gasteiger partial charge in [0.15, 0.2) is 0 Å². The van der Waals surface area contributed by atoms with E-state index in [0.29, 0.717) is 18.7 Å². The molecule has 0 aliphatic carbocycles. The molecule has 0 saturated carbocycles. The van der Waals surface area contributed by atoms with Gasteiger partial charge < -0.3 is 10.0 Å². The predicted octanol–water partition coefficient (Wildman–Crippen LogP) is 0.727. The third-order valence-electron chi connectivity index (χ3n) is 3.16. The summed E-state index contributed by atoms with van der Waals surface area (Å²) in [6, 6.07) is 8.60. The number of likely N-dealkylation sites (tertiary alicyclic amines) is 1. The van der Waals surface area contributed by atoms with Gasteiger partial charge in [0.1, 0.15) is 13.1 Å². The molecule has 6 nitrogen and oxygen atoms in total. The van der Waals surface area contributed by atoms with Gasteiger partial charge in [-0.2, -0.15) is 0 Å². The second kappa shape index (κ2) is 6.18. The molecule has 20 heavy (non-hydrogen) atoms. The van der Waals surface area contributed by atoms with Crippen molar-refractivity contribution in [1.82, 2.24) is 4.90 Å². The number of amides is 2. The second-order valence-electron chi connectivity index (χ2n) is 4.63. The molecule has 1 aromatic rings. The summed E-state index contributed by atoms with van der Waals surface area (Å²) in [5.74, 6) is -1.52. The van der Waals surface area contributed by atoms with Crippen LogP contribution < -0.4 is 4.90 Å². The van der Waals surface area contributed by atoms with E-state index in [0.717, 1.165) is 6.42 Å². The van der Waals surface area contributed by atoms with E-state index in [1.54, 1.807) is 30.3 Å². The Labute approximate surface area is 116 Å². The Kier molecular flexibility index (Phi) is 4.34. The highest BCUT2D eigenvalue weighted by atomic mass is 16.4. The zero-order valence-electron chi connectivity index (χ0n) is 11.0. The van der Waals surface area contributed by atoms with Crippen molar-refractivity contribution in [2.45, 2.75) is 12.8 Å². The zero-order chi connectivity index (χ0) is 14.5. The summed E-state index contributed by atoms with van der Waals surface area (Å²) >= 11 is 0. The standard InChI is InChI=1S/C14H16N2O4/c17-12-7-4-8-15(12)9-13(18)16(10-14(19)20)11-5-2-1-3-6-11/h1-3,5-6H,4,7-10H2,(H,19,20). The number of benzene rings is 1. The van der Waals surface area contributed by atoms with Crippen LogP contribution in [-0.4, -0.2) is 47.4 Å². The first-order chi connectivity index (χ1) is 9.58. The van der Waals surface area contributed by atoms with E-state index in [2.05, 4.69) is 0 Å². The van der Waals surface area contributed by atoms with Crippen LogP contribution in [0.1, 0.15) is 12.8 Å². The first-order valence-corrected chi connectivity index (χ1v) is 6.43.